The lowest BCUT2D eigenvalue weighted by molar-refractivity contribution is -0.211. The van der Waals surface area contributed by atoms with Crippen LogP contribution in [0.25, 0.3) is 10.4 Å². The van der Waals surface area contributed by atoms with Gasteiger partial charge in [0.05, 0.1) is 19.8 Å². The summed E-state index contributed by atoms with van der Waals surface area (Å²) >= 11 is 0. The highest BCUT2D eigenvalue weighted by Gasteiger charge is 2.51. The lowest BCUT2D eigenvalue weighted by atomic mass is 9.98. The second-order valence-electron chi connectivity index (χ2n) is 6.59. The van der Waals surface area contributed by atoms with Crippen molar-refractivity contribution in [2.45, 2.75) is 43.9 Å². The van der Waals surface area contributed by atoms with Crippen molar-refractivity contribution in [3.8, 4) is 0 Å². The number of nitrogens with zero attached hydrogens (tertiary/aromatic N) is 3. The summed E-state index contributed by atoms with van der Waals surface area (Å²) in [6.45, 7) is 1.21. The molecule has 5 atom stereocenters. The molecule has 2 aliphatic rings. The molecular formula is C20H21N3O4. The first-order valence-electron chi connectivity index (χ1n) is 8.97. The van der Waals surface area contributed by atoms with E-state index in [4.69, 9.17) is 24.5 Å². The Hall–Kier alpha value is -2.41. The molecule has 0 aliphatic carbocycles. The molecule has 0 amide bonds. The second-order valence-corrected chi connectivity index (χ2v) is 6.59. The SMILES string of the molecule is [N-]=[N+]=N[C@@H]1[C@@H]2OC[C@@H](O2)[C@@H](OCc2ccccc2)[C@@H]1OCc1ccccc1. The van der Waals surface area contributed by atoms with E-state index in [1.165, 1.54) is 0 Å². The standard InChI is InChI=1S/C20H21N3O4/c21-23-22-17-19(25-12-15-9-5-2-6-10-15)18(16-13-26-20(17)27-16)24-11-14-7-3-1-4-8-14/h1-10,16-20H,11-13H2/t16-,17+,18-,19-,20-/m1/s1. The number of hydrogen-bond donors (Lipinski definition) is 0. The van der Waals surface area contributed by atoms with Crippen LogP contribution in [0.4, 0.5) is 0 Å². The minimum Gasteiger partial charge on any atom is -0.370 e. The number of benzene rings is 2. The molecule has 7 nitrogen and oxygen atoms in total. The molecule has 0 aromatic heterocycles. The molecule has 2 saturated heterocycles. The topological polar surface area (TPSA) is 85.7 Å². The zero-order chi connectivity index (χ0) is 18.5. The quantitative estimate of drug-likeness (QED) is 0.425. The summed E-state index contributed by atoms with van der Waals surface area (Å²) in [5.74, 6) is 0. The van der Waals surface area contributed by atoms with Gasteiger partial charge in [-0.2, -0.15) is 0 Å². The van der Waals surface area contributed by atoms with Crippen LogP contribution < -0.4 is 0 Å². The van der Waals surface area contributed by atoms with Gasteiger partial charge < -0.3 is 18.9 Å². The molecule has 0 radical (unpaired) electrons. The van der Waals surface area contributed by atoms with Crippen LogP contribution in [0.5, 0.6) is 0 Å². The van der Waals surface area contributed by atoms with Crippen molar-refractivity contribution < 1.29 is 18.9 Å². The summed E-state index contributed by atoms with van der Waals surface area (Å²) in [6, 6.07) is 19.2. The lowest BCUT2D eigenvalue weighted by Crippen LogP contribution is -2.55. The van der Waals surface area contributed by atoms with E-state index in [0.717, 1.165) is 11.1 Å². The van der Waals surface area contributed by atoms with Crippen molar-refractivity contribution in [2.24, 2.45) is 5.11 Å². The Balaban J connectivity index is 1.52. The highest BCUT2D eigenvalue weighted by molar-refractivity contribution is 5.15. The van der Waals surface area contributed by atoms with Gasteiger partial charge in [-0.3, -0.25) is 0 Å². The third-order valence-electron chi connectivity index (χ3n) is 4.79. The molecule has 0 spiro atoms. The van der Waals surface area contributed by atoms with Crippen molar-refractivity contribution in [3.05, 3.63) is 82.2 Å². The van der Waals surface area contributed by atoms with Crippen LogP contribution in [-0.4, -0.2) is 37.3 Å². The van der Waals surface area contributed by atoms with Gasteiger partial charge in [-0.15, -0.1) is 0 Å². The molecule has 2 aromatic carbocycles. The average Bonchev–Trinajstić information content (AvgIpc) is 3.15. The molecule has 7 heteroatoms. The Morgan fingerprint density at radius 2 is 1.52 bits per heavy atom. The number of fused-ring (bicyclic) bond motifs is 2. The van der Waals surface area contributed by atoms with E-state index in [0.29, 0.717) is 19.8 Å². The average molecular weight is 367 g/mol. The fourth-order valence-corrected chi connectivity index (χ4v) is 3.46. The number of rotatable bonds is 7. The number of azide groups is 1. The van der Waals surface area contributed by atoms with Crippen LogP contribution in [-0.2, 0) is 32.2 Å². The number of hydrogen-bond acceptors (Lipinski definition) is 5. The van der Waals surface area contributed by atoms with Crippen molar-refractivity contribution in [1.29, 1.82) is 0 Å². The fraction of sp³-hybridized carbons (Fsp3) is 0.400. The van der Waals surface area contributed by atoms with Gasteiger partial charge >= 0.3 is 0 Å². The van der Waals surface area contributed by atoms with Gasteiger partial charge in [0.1, 0.15) is 24.4 Å². The van der Waals surface area contributed by atoms with Gasteiger partial charge in [0.15, 0.2) is 6.29 Å². The molecular weight excluding hydrogens is 346 g/mol. The van der Waals surface area contributed by atoms with Crippen LogP contribution in [0, 0.1) is 0 Å². The largest absolute Gasteiger partial charge is 0.370 e. The predicted molar refractivity (Wildman–Crippen MR) is 97.6 cm³/mol. The van der Waals surface area contributed by atoms with Gasteiger partial charge in [0.2, 0.25) is 0 Å². The molecule has 27 heavy (non-hydrogen) atoms. The minimum absolute atomic E-state index is 0.246. The third-order valence-corrected chi connectivity index (χ3v) is 4.79. The highest BCUT2D eigenvalue weighted by Crippen LogP contribution is 2.34. The van der Waals surface area contributed by atoms with Crippen molar-refractivity contribution in [2.75, 3.05) is 6.61 Å². The predicted octanol–water partition coefficient (Wildman–Crippen LogP) is 3.59. The van der Waals surface area contributed by atoms with Crippen LogP contribution in [0.1, 0.15) is 11.1 Å². The zero-order valence-electron chi connectivity index (χ0n) is 14.8. The van der Waals surface area contributed by atoms with E-state index in [9.17, 15) is 0 Å². The normalized spacial score (nSPS) is 29.3. The van der Waals surface area contributed by atoms with E-state index in [1.807, 2.05) is 60.7 Å². The Morgan fingerprint density at radius 1 is 0.926 bits per heavy atom. The molecule has 140 valence electrons. The summed E-state index contributed by atoms with van der Waals surface area (Å²) in [5.41, 5.74) is 11.1. The Labute approximate surface area is 157 Å². The molecule has 2 aliphatic heterocycles. The minimum atomic E-state index is -0.599. The van der Waals surface area contributed by atoms with Crippen molar-refractivity contribution >= 4 is 0 Å². The Morgan fingerprint density at radius 3 is 2.11 bits per heavy atom. The van der Waals surface area contributed by atoms with Gasteiger partial charge in [-0.1, -0.05) is 65.8 Å². The van der Waals surface area contributed by atoms with E-state index in [-0.39, 0.29) is 12.2 Å². The maximum Gasteiger partial charge on any atom is 0.169 e. The second kappa shape index (κ2) is 8.52. The van der Waals surface area contributed by atoms with E-state index in [2.05, 4.69) is 10.0 Å². The molecule has 4 rings (SSSR count). The summed E-state index contributed by atoms with van der Waals surface area (Å²) in [5, 5.41) is 3.89. The smallest absolute Gasteiger partial charge is 0.169 e. The zero-order valence-corrected chi connectivity index (χ0v) is 14.8. The summed E-state index contributed by atoms with van der Waals surface area (Å²) in [4.78, 5) is 2.96. The van der Waals surface area contributed by atoms with E-state index >= 15 is 0 Å². The Kier molecular flexibility index (Phi) is 5.67. The summed E-state index contributed by atoms with van der Waals surface area (Å²) < 4.78 is 23.8. The first kappa shape index (κ1) is 18.0. The molecule has 2 fully saturated rings. The molecule has 0 N–H and O–H groups in total. The van der Waals surface area contributed by atoms with Gasteiger partial charge in [0.25, 0.3) is 0 Å². The van der Waals surface area contributed by atoms with E-state index in [1.54, 1.807) is 0 Å². The third kappa shape index (κ3) is 4.13. The number of ether oxygens (including phenoxy) is 4. The first-order chi connectivity index (χ1) is 13.3. The highest BCUT2D eigenvalue weighted by atomic mass is 16.7. The van der Waals surface area contributed by atoms with Crippen LogP contribution in [0.15, 0.2) is 65.8 Å². The first-order valence-corrected chi connectivity index (χ1v) is 8.97. The van der Waals surface area contributed by atoms with Crippen molar-refractivity contribution in [3.63, 3.8) is 0 Å². The summed E-state index contributed by atoms with van der Waals surface area (Å²) in [7, 11) is 0. The van der Waals surface area contributed by atoms with Gasteiger partial charge in [0, 0.05) is 4.91 Å². The Bertz CT molecular complexity index is 782. The monoisotopic (exact) mass is 367 g/mol. The fourth-order valence-electron chi connectivity index (χ4n) is 3.46. The van der Waals surface area contributed by atoms with Crippen LogP contribution in [0.2, 0.25) is 0 Å². The van der Waals surface area contributed by atoms with Crippen molar-refractivity contribution in [1.82, 2.24) is 0 Å². The lowest BCUT2D eigenvalue weighted by Gasteiger charge is -2.38. The van der Waals surface area contributed by atoms with Gasteiger partial charge in [-0.05, 0) is 16.7 Å². The molecule has 2 bridgehead atoms. The van der Waals surface area contributed by atoms with Crippen LogP contribution in [0.3, 0.4) is 0 Å². The molecule has 2 aromatic rings. The molecule has 0 saturated carbocycles. The van der Waals surface area contributed by atoms with E-state index < -0.39 is 18.4 Å². The van der Waals surface area contributed by atoms with Crippen LogP contribution >= 0.6 is 0 Å². The maximum absolute atomic E-state index is 8.99. The van der Waals surface area contributed by atoms with Gasteiger partial charge in [-0.25, -0.2) is 0 Å². The maximum atomic E-state index is 8.99. The summed E-state index contributed by atoms with van der Waals surface area (Å²) in [6.07, 6.45) is -1.67. The molecule has 2 heterocycles. The molecule has 0 unspecified atom stereocenters.